The minimum absolute atomic E-state index is 0.0111. The summed E-state index contributed by atoms with van der Waals surface area (Å²) in [6.45, 7) is 2.04. The van der Waals surface area contributed by atoms with Crippen LogP contribution in [-0.2, 0) is 17.8 Å². The van der Waals surface area contributed by atoms with Gasteiger partial charge in [0.15, 0.2) is 0 Å². The zero-order valence-corrected chi connectivity index (χ0v) is 9.93. The van der Waals surface area contributed by atoms with Crippen molar-refractivity contribution in [3.63, 3.8) is 0 Å². The third-order valence-electron chi connectivity index (χ3n) is 2.86. The standard InChI is InChI=1S/C13H15NO3/c1-3-9-7-14(8-13(15)16)12-5-4-10(17-2)6-11(9)12/h4-7H,3,8H2,1-2H3,(H,15,16). The summed E-state index contributed by atoms with van der Waals surface area (Å²) in [5.41, 5.74) is 2.07. The number of hydrogen-bond acceptors (Lipinski definition) is 2. The van der Waals surface area contributed by atoms with Gasteiger partial charge in [0.25, 0.3) is 0 Å². The number of hydrogen-bond donors (Lipinski definition) is 1. The second kappa shape index (κ2) is 4.49. The summed E-state index contributed by atoms with van der Waals surface area (Å²) in [7, 11) is 1.63. The van der Waals surface area contributed by atoms with Gasteiger partial charge in [-0.25, -0.2) is 0 Å². The van der Waals surface area contributed by atoms with Gasteiger partial charge in [-0.1, -0.05) is 6.92 Å². The average Bonchev–Trinajstić information content (AvgIpc) is 2.66. The maximum atomic E-state index is 10.8. The van der Waals surface area contributed by atoms with Crippen LogP contribution in [0.15, 0.2) is 24.4 Å². The van der Waals surface area contributed by atoms with E-state index < -0.39 is 5.97 Å². The van der Waals surface area contributed by atoms with Crippen molar-refractivity contribution in [2.75, 3.05) is 7.11 Å². The van der Waals surface area contributed by atoms with Crippen LogP contribution in [-0.4, -0.2) is 22.8 Å². The lowest BCUT2D eigenvalue weighted by Gasteiger charge is -2.03. The number of aryl methyl sites for hydroxylation is 1. The zero-order valence-electron chi connectivity index (χ0n) is 9.93. The highest BCUT2D eigenvalue weighted by Crippen LogP contribution is 2.26. The first-order chi connectivity index (χ1) is 8.15. The molecule has 1 aromatic heterocycles. The van der Waals surface area contributed by atoms with Crippen LogP contribution in [0.4, 0.5) is 0 Å². The van der Waals surface area contributed by atoms with Crippen molar-refractivity contribution in [1.82, 2.24) is 4.57 Å². The molecule has 4 heteroatoms. The molecule has 2 rings (SSSR count). The molecule has 2 aromatic rings. The van der Waals surface area contributed by atoms with Gasteiger partial charge in [0.1, 0.15) is 12.3 Å². The minimum Gasteiger partial charge on any atom is -0.497 e. The van der Waals surface area contributed by atoms with E-state index >= 15 is 0 Å². The lowest BCUT2D eigenvalue weighted by Crippen LogP contribution is -2.07. The molecule has 0 aliphatic rings. The van der Waals surface area contributed by atoms with Gasteiger partial charge in [-0.05, 0) is 30.2 Å². The van der Waals surface area contributed by atoms with Crippen LogP contribution in [0, 0.1) is 0 Å². The molecule has 0 amide bonds. The van der Waals surface area contributed by atoms with Crippen LogP contribution < -0.4 is 4.74 Å². The summed E-state index contributed by atoms with van der Waals surface area (Å²) in [6, 6.07) is 5.70. The summed E-state index contributed by atoms with van der Waals surface area (Å²) < 4.78 is 6.95. The lowest BCUT2D eigenvalue weighted by atomic mass is 10.1. The highest BCUT2D eigenvalue weighted by atomic mass is 16.5. The molecule has 1 aromatic carbocycles. The fourth-order valence-electron chi connectivity index (χ4n) is 2.04. The van der Waals surface area contributed by atoms with E-state index in [1.54, 1.807) is 11.7 Å². The van der Waals surface area contributed by atoms with E-state index in [9.17, 15) is 4.79 Å². The topological polar surface area (TPSA) is 51.5 Å². The Balaban J connectivity index is 2.59. The summed E-state index contributed by atoms with van der Waals surface area (Å²) in [5.74, 6) is -0.0411. The molecule has 0 spiro atoms. The van der Waals surface area contributed by atoms with Crippen molar-refractivity contribution < 1.29 is 14.6 Å². The van der Waals surface area contributed by atoms with Gasteiger partial charge in [-0.2, -0.15) is 0 Å². The number of aromatic nitrogens is 1. The minimum atomic E-state index is -0.833. The SMILES string of the molecule is CCc1cn(CC(=O)O)c2ccc(OC)cc12. The van der Waals surface area contributed by atoms with Gasteiger partial charge >= 0.3 is 5.97 Å². The number of ether oxygens (including phenoxy) is 1. The van der Waals surface area contributed by atoms with Gasteiger partial charge < -0.3 is 14.4 Å². The molecule has 90 valence electrons. The van der Waals surface area contributed by atoms with Crippen molar-refractivity contribution in [3.8, 4) is 5.75 Å². The number of carboxylic acid groups (broad SMARTS) is 1. The largest absolute Gasteiger partial charge is 0.497 e. The lowest BCUT2D eigenvalue weighted by molar-refractivity contribution is -0.137. The molecule has 1 N–H and O–H groups in total. The molecule has 0 saturated heterocycles. The Hall–Kier alpha value is -1.97. The van der Waals surface area contributed by atoms with Crippen LogP contribution in [0.25, 0.3) is 10.9 Å². The molecule has 17 heavy (non-hydrogen) atoms. The third-order valence-corrected chi connectivity index (χ3v) is 2.86. The van der Waals surface area contributed by atoms with Gasteiger partial charge in [-0.3, -0.25) is 4.79 Å². The predicted molar refractivity (Wildman–Crippen MR) is 65.5 cm³/mol. The molecule has 1 heterocycles. The second-order valence-corrected chi connectivity index (χ2v) is 3.91. The van der Waals surface area contributed by atoms with Crippen LogP contribution in [0.1, 0.15) is 12.5 Å². The average molecular weight is 233 g/mol. The molecule has 0 aliphatic heterocycles. The van der Waals surface area contributed by atoms with E-state index in [4.69, 9.17) is 9.84 Å². The number of nitrogens with zero attached hydrogens (tertiary/aromatic N) is 1. The number of carbonyl (C=O) groups is 1. The molecule has 0 saturated carbocycles. The van der Waals surface area contributed by atoms with Gasteiger partial charge in [0.05, 0.1) is 7.11 Å². The molecule has 0 bridgehead atoms. The number of carboxylic acids is 1. The van der Waals surface area contributed by atoms with Crippen molar-refractivity contribution in [3.05, 3.63) is 30.0 Å². The zero-order chi connectivity index (χ0) is 12.4. The maximum Gasteiger partial charge on any atom is 0.323 e. The number of aliphatic carboxylic acids is 1. The molecule has 0 unspecified atom stereocenters. The first kappa shape index (κ1) is 11.5. The number of methoxy groups -OCH3 is 1. The van der Waals surface area contributed by atoms with Gasteiger partial charge in [-0.15, -0.1) is 0 Å². The van der Waals surface area contributed by atoms with E-state index in [1.807, 2.05) is 24.4 Å². The van der Waals surface area contributed by atoms with Crippen LogP contribution >= 0.6 is 0 Å². The molecule has 0 atom stereocenters. The summed E-state index contributed by atoms with van der Waals surface area (Å²) in [4.78, 5) is 10.8. The normalized spacial score (nSPS) is 10.7. The Morgan fingerprint density at radius 3 is 2.82 bits per heavy atom. The van der Waals surface area contributed by atoms with E-state index in [1.165, 1.54) is 0 Å². The van der Waals surface area contributed by atoms with Crippen molar-refractivity contribution in [2.45, 2.75) is 19.9 Å². The first-order valence-electron chi connectivity index (χ1n) is 5.53. The van der Waals surface area contributed by atoms with E-state index in [0.717, 1.165) is 28.6 Å². The third kappa shape index (κ3) is 2.11. The fourth-order valence-corrected chi connectivity index (χ4v) is 2.04. The highest BCUT2D eigenvalue weighted by molar-refractivity contribution is 5.86. The Kier molecular flexibility index (Phi) is 3.04. The molecular formula is C13H15NO3. The van der Waals surface area contributed by atoms with Gasteiger partial charge in [0.2, 0.25) is 0 Å². The smallest absolute Gasteiger partial charge is 0.323 e. The molecule has 4 nitrogen and oxygen atoms in total. The highest BCUT2D eigenvalue weighted by Gasteiger charge is 2.10. The van der Waals surface area contributed by atoms with E-state index in [2.05, 4.69) is 6.92 Å². The quantitative estimate of drug-likeness (QED) is 0.881. The molecule has 0 radical (unpaired) electrons. The van der Waals surface area contributed by atoms with Crippen LogP contribution in [0.3, 0.4) is 0 Å². The monoisotopic (exact) mass is 233 g/mol. The van der Waals surface area contributed by atoms with Crippen LogP contribution in [0.2, 0.25) is 0 Å². The number of fused-ring (bicyclic) bond motifs is 1. The molecular weight excluding hydrogens is 218 g/mol. The van der Waals surface area contributed by atoms with Crippen LogP contribution in [0.5, 0.6) is 5.75 Å². The van der Waals surface area contributed by atoms with E-state index in [0.29, 0.717) is 0 Å². The Labute approximate surface area is 99.4 Å². The summed E-state index contributed by atoms with van der Waals surface area (Å²) in [5, 5.41) is 9.93. The van der Waals surface area contributed by atoms with Crippen molar-refractivity contribution in [2.24, 2.45) is 0 Å². The number of rotatable bonds is 4. The van der Waals surface area contributed by atoms with Crippen molar-refractivity contribution >= 4 is 16.9 Å². The Morgan fingerprint density at radius 1 is 1.47 bits per heavy atom. The summed E-state index contributed by atoms with van der Waals surface area (Å²) >= 11 is 0. The molecule has 0 fully saturated rings. The predicted octanol–water partition coefficient (Wildman–Crippen LogP) is 2.30. The molecule has 0 aliphatic carbocycles. The second-order valence-electron chi connectivity index (χ2n) is 3.91. The van der Waals surface area contributed by atoms with E-state index in [-0.39, 0.29) is 6.54 Å². The van der Waals surface area contributed by atoms with Crippen molar-refractivity contribution in [1.29, 1.82) is 0 Å². The fraction of sp³-hybridized carbons (Fsp3) is 0.308. The maximum absolute atomic E-state index is 10.8. The first-order valence-corrected chi connectivity index (χ1v) is 5.53. The summed E-state index contributed by atoms with van der Waals surface area (Å²) in [6.07, 6.45) is 2.77. The Morgan fingerprint density at radius 2 is 2.24 bits per heavy atom. The van der Waals surface area contributed by atoms with Gasteiger partial charge in [0, 0.05) is 17.1 Å². The Bertz CT molecular complexity index is 557. The number of benzene rings is 1.